The highest BCUT2D eigenvalue weighted by molar-refractivity contribution is 5.30. The molecule has 1 aliphatic carbocycles. The van der Waals surface area contributed by atoms with E-state index < -0.39 is 0 Å². The molecule has 0 heterocycles. The zero-order valence-electron chi connectivity index (χ0n) is 11.8. The molecule has 2 nitrogen and oxygen atoms in total. The number of rotatable bonds is 4. The fourth-order valence-corrected chi connectivity index (χ4v) is 2.89. The van der Waals surface area contributed by atoms with Gasteiger partial charge in [-0.15, -0.1) is 0 Å². The Morgan fingerprint density at radius 2 is 2.06 bits per heavy atom. The van der Waals surface area contributed by atoms with Gasteiger partial charge in [-0.05, 0) is 43.4 Å². The van der Waals surface area contributed by atoms with E-state index in [0.717, 1.165) is 11.7 Å². The molecule has 3 atom stereocenters. The van der Waals surface area contributed by atoms with Gasteiger partial charge in [0.15, 0.2) is 0 Å². The minimum atomic E-state index is 0.394. The smallest absolute Gasteiger partial charge is 0.119 e. The first kappa shape index (κ1) is 13.4. The average Bonchev–Trinajstić information content (AvgIpc) is 2.41. The van der Waals surface area contributed by atoms with Crippen molar-refractivity contribution in [2.24, 2.45) is 5.92 Å². The summed E-state index contributed by atoms with van der Waals surface area (Å²) in [7, 11) is 1.72. The summed E-state index contributed by atoms with van der Waals surface area (Å²) in [6.07, 6.45) is 5.44. The lowest BCUT2D eigenvalue weighted by molar-refractivity contribution is 0.263. The molecule has 0 saturated heterocycles. The topological polar surface area (TPSA) is 21.3 Å². The van der Waals surface area contributed by atoms with Crippen LogP contribution in [0, 0.1) is 5.92 Å². The SMILES string of the molecule is COc1cccc([C@H](C)NC2CCCCC2C)c1. The standard InChI is InChI=1S/C16H25NO/c1-12-7-4-5-10-16(12)17-13(2)14-8-6-9-15(11-14)18-3/h6,8-9,11-13,16-17H,4-5,7,10H2,1-3H3/t12?,13-,16?/m0/s1. The normalized spacial score (nSPS) is 25.7. The molecule has 1 fully saturated rings. The van der Waals surface area contributed by atoms with Gasteiger partial charge in [-0.2, -0.15) is 0 Å². The molecule has 1 aromatic carbocycles. The first-order chi connectivity index (χ1) is 8.70. The van der Waals surface area contributed by atoms with Crippen LogP contribution < -0.4 is 10.1 Å². The van der Waals surface area contributed by atoms with Gasteiger partial charge in [-0.25, -0.2) is 0 Å². The highest BCUT2D eigenvalue weighted by Gasteiger charge is 2.22. The van der Waals surface area contributed by atoms with Gasteiger partial charge in [-0.1, -0.05) is 31.9 Å². The maximum atomic E-state index is 5.29. The highest BCUT2D eigenvalue weighted by atomic mass is 16.5. The fourth-order valence-electron chi connectivity index (χ4n) is 2.89. The molecule has 0 spiro atoms. The molecule has 2 heteroatoms. The second kappa shape index (κ2) is 6.24. The van der Waals surface area contributed by atoms with Crippen LogP contribution in [0.15, 0.2) is 24.3 Å². The van der Waals surface area contributed by atoms with Crippen molar-refractivity contribution in [3.63, 3.8) is 0 Å². The highest BCUT2D eigenvalue weighted by Crippen LogP contribution is 2.27. The minimum absolute atomic E-state index is 0.394. The molecule has 2 rings (SSSR count). The molecular weight excluding hydrogens is 222 g/mol. The van der Waals surface area contributed by atoms with Crippen molar-refractivity contribution < 1.29 is 4.74 Å². The molecule has 0 bridgehead atoms. The Hall–Kier alpha value is -1.02. The van der Waals surface area contributed by atoms with Gasteiger partial charge in [0.25, 0.3) is 0 Å². The van der Waals surface area contributed by atoms with Crippen LogP contribution in [-0.2, 0) is 0 Å². The van der Waals surface area contributed by atoms with Crippen LogP contribution in [-0.4, -0.2) is 13.2 Å². The Bertz CT molecular complexity index is 377. The van der Waals surface area contributed by atoms with Crippen LogP contribution in [0.1, 0.15) is 51.1 Å². The second-order valence-corrected chi connectivity index (χ2v) is 5.53. The Labute approximate surface area is 111 Å². The van der Waals surface area contributed by atoms with Gasteiger partial charge in [0.05, 0.1) is 7.11 Å². The van der Waals surface area contributed by atoms with Crippen molar-refractivity contribution in [3.8, 4) is 5.75 Å². The summed E-state index contributed by atoms with van der Waals surface area (Å²) in [6.45, 7) is 4.62. The van der Waals surface area contributed by atoms with Gasteiger partial charge >= 0.3 is 0 Å². The predicted octanol–water partition coefficient (Wildman–Crippen LogP) is 3.92. The van der Waals surface area contributed by atoms with Crippen molar-refractivity contribution >= 4 is 0 Å². The average molecular weight is 247 g/mol. The quantitative estimate of drug-likeness (QED) is 0.870. The largest absolute Gasteiger partial charge is 0.497 e. The molecule has 0 aromatic heterocycles. The first-order valence-electron chi connectivity index (χ1n) is 7.10. The molecule has 1 aromatic rings. The zero-order chi connectivity index (χ0) is 13.0. The van der Waals surface area contributed by atoms with Crippen molar-refractivity contribution in [2.75, 3.05) is 7.11 Å². The third kappa shape index (κ3) is 3.26. The molecule has 1 aliphatic rings. The van der Waals surface area contributed by atoms with Gasteiger partial charge in [-0.3, -0.25) is 0 Å². The third-order valence-corrected chi connectivity index (χ3v) is 4.17. The molecule has 1 N–H and O–H groups in total. The van der Waals surface area contributed by atoms with Crippen LogP contribution in [0.4, 0.5) is 0 Å². The molecule has 2 unspecified atom stereocenters. The summed E-state index contributed by atoms with van der Waals surface area (Å²) in [4.78, 5) is 0. The summed E-state index contributed by atoms with van der Waals surface area (Å²) in [5.74, 6) is 1.74. The number of benzene rings is 1. The Kier molecular flexibility index (Phi) is 4.65. The number of methoxy groups -OCH3 is 1. The minimum Gasteiger partial charge on any atom is -0.497 e. The summed E-state index contributed by atoms with van der Waals surface area (Å²) in [5, 5.41) is 3.78. The molecule has 0 radical (unpaired) electrons. The van der Waals surface area contributed by atoms with Gasteiger partial charge in [0.2, 0.25) is 0 Å². The van der Waals surface area contributed by atoms with Crippen LogP contribution in [0.5, 0.6) is 5.75 Å². The summed E-state index contributed by atoms with van der Waals surface area (Å²) in [5.41, 5.74) is 1.31. The van der Waals surface area contributed by atoms with E-state index in [-0.39, 0.29) is 0 Å². The molecule has 18 heavy (non-hydrogen) atoms. The molecule has 100 valence electrons. The van der Waals surface area contributed by atoms with E-state index in [9.17, 15) is 0 Å². The van der Waals surface area contributed by atoms with Crippen molar-refractivity contribution in [1.29, 1.82) is 0 Å². The van der Waals surface area contributed by atoms with E-state index in [4.69, 9.17) is 4.74 Å². The number of ether oxygens (including phenoxy) is 1. The Balaban J connectivity index is 1.99. The maximum absolute atomic E-state index is 5.29. The fraction of sp³-hybridized carbons (Fsp3) is 0.625. The maximum Gasteiger partial charge on any atom is 0.119 e. The first-order valence-corrected chi connectivity index (χ1v) is 7.10. The predicted molar refractivity (Wildman–Crippen MR) is 76.0 cm³/mol. The zero-order valence-corrected chi connectivity index (χ0v) is 11.8. The second-order valence-electron chi connectivity index (χ2n) is 5.53. The molecule has 0 aliphatic heterocycles. The van der Waals surface area contributed by atoms with Crippen LogP contribution in [0.3, 0.4) is 0 Å². The lowest BCUT2D eigenvalue weighted by Gasteiger charge is -2.32. The monoisotopic (exact) mass is 247 g/mol. The third-order valence-electron chi connectivity index (χ3n) is 4.17. The Morgan fingerprint density at radius 3 is 2.78 bits per heavy atom. The number of nitrogens with one attached hydrogen (secondary N) is 1. The van der Waals surface area contributed by atoms with Crippen LogP contribution >= 0.6 is 0 Å². The van der Waals surface area contributed by atoms with Crippen molar-refractivity contribution in [1.82, 2.24) is 5.32 Å². The van der Waals surface area contributed by atoms with Crippen LogP contribution in [0.25, 0.3) is 0 Å². The number of hydrogen-bond donors (Lipinski definition) is 1. The lowest BCUT2D eigenvalue weighted by Crippen LogP contribution is -2.38. The van der Waals surface area contributed by atoms with Crippen molar-refractivity contribution in [3.05, 3.63) is 29.8 Å². The Morgan fingerprint density at radius 1 is 1.28 bits per heavy atom. The lowest BCUT2D eigenvalue weighted by atomic mass is 9.85. The van der Waals surface area contributed by atoms with E-state index in [0.29, 0.717) is 12.1 Å². The van der Waals surface area contributed by atoms with Gasteiger partial charge in [0, 0.05) is 12.1 Å². The summed E-state index contributed by atoms with van der Waals surface area (Å²) >= 11 is 0. The summed E-state index contributed by atoms with van der Waals surface area (Å²) < 4.78 is 5.29. The van der Waals surface area contributed by atoms with Gasteiger partial charge in [0.1, 0.15) is 5.75 Å². The van der Waals surface area contributed by atoms with Gasteiger partial charge < -0.3 is 10.1 Å². The van der Waals surface area contributed by atoms with E-state index in [2.05, 4.69) is 37.4 Å². The van der Waals surface area contributed by atoms with E-state index >= 15 is 0 Å². The van der Waals surface area contributed by atoms with E-state index in [1.54, 1.807) is 7.11 Å². The van der Waals surface area contributed by atoms with Crippen LogP contribution in [0.2, 0.25) is 0 Å². The number of hydrogen-bond acceptors (Lipinski definition) is 2. The van der Waals surface area contributed by atoms with E-state index in [1.165, 1.54) is 31.2 Å². The molecular formula is C16H25NO. The molecule has 0 amide bonds. The van der Waals surface area contributed by atoms with E-state index in [1.807, 2.05) is 6.07 Å². The van der Waals surface area contributed by atoms with Crippen molar-refractivity contribution in [2.45, 2.75) is 51.6 Å². The molecule has 1 saturated carbocycles. The summed E-state index contributed by atoms with van der Waals surface area (Å²) in [6, 6.07) is 9.43.